The molecule has 3 heterocycles. The number of pyridine rings is 1. The van der Waals surface area contributed by atoms with E-state index in [9.17, 15) is 0 Å². The van der Waals surface area contributed by atoms with E-state index >= 15 is 0 Å². The molecule has 8 heteroatoms. The lowest BCUT2D eigenvalue weighted by Crippen LogP contribution is -2.15. The van der Waals surface area contributed by atoms with Gasteiger partial charge in [-0.15, -0.1) is 11.3 Å². The van der Waals surface area contributed by atoms with E-state index in [0.717, 1.165) is 22.2 Å². The molecule has 0 spiro atoms. The zero-order valence-corrected chi connectivity index (χ0v) is 16.4. The predicted molar refractivity (Wildman–Crippen MR) is 111 cm³/mol. The summed E-state index contributed by atoms with van der Waals surface area (Å²) in [6, 6.07) is 16.7. The van der Waals surface area contributed by atoms with Crippen LogP contribution in [0.1, 0.15) is 17.0 Å². The highest BCUT2D eigenvalue weighted by molar-refractivity contribution is 7.13. The van der Waals surface area contributed by atoms with E-state index in [-0.39, 0.29) is 12.4 Å². The fraction of sp³-hybridized carbons (Fsp3) is 0.0952. The molecule has 0 unspecified atom stereocenters. The van der Waals surface area contributed by atoms with Crippen molar-refractivity contribution in [3.05, 3.63) is 83.2 Å². The standard InChI is InChI=1S/C21H18N4O3S/c1-14-9-10-18(27-14)21-24-15(13-29-21)12-26-25-19(22)17-8-5-11-23-20(17)28-16-6-3-2-4-7-16/h2-11,13H,12H2,1H3,(H2,22,25). The zero-order chi connectivity index (χ0) is 20.1. The van der Waals surface area contributed by atoms with Crippen LogP contribution < -0.4 is 10.5 Å². The Labute approximate surface area is 171 Å². The number of amidine groups is 1. The van der Waals surface area contributed by atoms with Gasteiger partial charge in [-0.1, -0.05) is 23.4 Å². The minimum atomic E-state index is 0.168. The zero-order valence-electron chi connectivity index (χ0n) is 15.6. The van der Waals surface area contributed by atoms with Crippen LogP contribution >= 0.6 is 11.3 Å². The molecule has 0 bridgehead atoms. The van der Waals surface area contributed by atoms with Crippen LogP contribution in [0.25, 0.3) is 10.8 Å². The van der Waals surface area contributed by atoms with Gasteiger partial charge in [0.15, 0.2) is 23.2 Å². The molecular formula is C21H18N4O3S. The highest BCUT2D eigenvalue weighted by Crippen LogP contribution is 2.26. The minimum Gasteiger partial charge on any atom is -0.459 e. The van der Waals surface area contributed by atoms with Gasteiger partial charge in [-0.25, -0.2) is 9.97 Å². The molecule has 2 N–H and O–H groups in total. The van der Waals surface area contributed by atoms with Crippen LogP contribution in [-0.4, -0.2) is 15.8 Å². The predicted octanol–water partition coefficient (Wildman–Crippen LogP) is 4.74. The summed E-state index contributed by atoms with van der Waals surface area (Å²) in [7, 11) is 0. The van der Waals surface area contributed by atoms with Crippen LogP contribution in [0, 0.1) is 6.92 Å². The summed E-state index contributed by atoms with van der Waals surface area (Å²) < 4.78 is 11.4. The molecule has 0 aliphatic heterocycles. The molecule has 0 saturated carbocycles. The van der Waals surface area contributed by atoms with E-state index in [4.69, 9.17) is 19.7 Å². The lowest BCUT2D eigenvalue weighted by Gasteiger charge is -2.09. The second kappa shape index (κ2) is 8.57. The SMILES string of the molecule is Cc1ccc(-c2nc(CO/N=C(/N)c3cccnc3Oc3ccccc3)cs2)o1. The molecule has 0 fully saturated rings. The number of hydrogen-bond acceptors (Lipinski definition) is 7. The van der Waals surface area contributed by atoms with Gasteiger partial charge in [-0.2, -0.15) is 0 Å². The van der Waals surface area contributed by atoms with E-state index in [2.05, 4.69) is 15.1 Å². The van der Waals surface area contributed by atoms with Crippen molar-refractivity contribution < 1.29 is 14.0 Å². The fourth-order valence-corrected chi connectivity index (χ4v) is 3.28. The maximum Gasteiger partial charge on any atom is 0.230 e. The topological polar surface area (TPSA) is 95.8 Å². The third kappa shape index (κ3) is 4.61. The van der Waals surface area contributed by atoms with Crippen LogP contribution in [-0.2, 0) is 11.4 Å². The number of rotatable bonds is 7. The van der Waals surface area contributed by atoms with Gasteiger partial charge in [0.05, 0.1) is 11.3 Å². The maximum absolute atomic E-state index is 6.08. The normalized spacial score (nSPS) is 11.4. The Morgan fingerprint density at radius 1 is 1.14 bits per heavy atom. The van der Waals surface area contributed by atoms with Gasteiger partial charge in [-0.05, 0) is 43.3 Å². The molecule has 0 saturated heterocycles. The molecule has 0 aliphatic carbocycles. The average Bonchev–Trinajstić information content (AvgIpc) is 3.38. The van der Waals surface area contributed by atoms with Crippen molar-refractivity contribution in [2.75, 3.05) is 0 Å². The van der Waals surface area contributed by atoms with E-state index in [1.165, 1.54) is 11.3 Å². The van der Waals surface area contributed by atoms with Crippen LogP contribution in [0.15, 0.2) is 75.7 Å². The van der Waals surface area contributed by atoms with Gasteiger partial charge >= 0.3 is 0 Å². The number of nitrogens with two attached hydrogens (primary N) is 1. The van der Waals surface area contributed by atoms with Crippen molar-refractivity contribution in [3.63, 3.8) is 0 Å². The summed E-state index contributed by atoms with van der Waals surface area (Å²) in [6.07, 6.45) is 1.63. The Morgan fingerprint density at radius 2 is 2.00 bits per heavy atom. The molecule has 0 radical (unpaired) electrons. The van der Waals surface area contributed by atoms with Gasteiger partial charge in [0, 0.05) is 11.6 Å². The highest BCUT2D eigenvalue weighted by Gasteiger charge is 2.12. The molecule has 0 aliphatic rings. The van der Waals surface area contributed by atoms with E-state index in [0.29, 0.717) is 17.2 Å². The maximum atomic E-state index is 6.08. The second-order valence-electron chi connectivity index (χ2n) is 6.08. The molecule has 4 rings (SSSR count). The van der Waals surface area contributed by atoms with Crippen LogP contribution in [0.4, 0.5) is 0 Å². The van der Waals surface area contributed by atoms with Crippen molar-refractivity contribution in [2.24, 2.45) is 10.9 Å². The molecule has 3 aromatic heterocycles. The number of benzene rings is 1. The third-order valence-corrected chi connectivity index (χ3v) is 4.79. The van der Waals surface area contributed by atoms with Crippen LogP contribution in [0.3, 0.4) is 0 Å². The molecule has 146 valence electrons. The van der Waals surface area contributed by atoms with E-state index in [1.54, 1.807) is 18.3 Å². The Balaban J connectivity index is 1.43. The monoisotopic (exact) mass is 406 g/mol. The van der Waals surface area contributed by atoms with E-state index in [1.807, 2.05) is 54.8 Å². The van der Waals surface area contributed by atoms with Crippen LogP contribution in [0.5, 0.6) is 11.6 Å². The largest absolute Gasteiger partial charge is 0.459 e. The van der Waals surface area contributed by atoms with Gasteiger partial charge < -0.3 is 19.7 Å². The van der Waals surface area contributed by atoms with Gasteiger partial charge in [0.25, 0.3) is 0 Å². The Bertz CT molecular complexity index is 1120. The third-order valence-electron chi connectivity index (χ3n) is 3.88. The van der Waals surface area contributed by atoms with E-state index < -0.39 is 0 Å². The van der Waals surface area contributed by atoms with Gasteiger partial charge in [0.1, 0.15) is 11.5 Å². The number of ether oxygens (including phenoxy) is 1. The molecule has 7 nitrogen and oxygen atoms in total. The first-order valence-electron chi connectivity index (χ1n) is 8.84. The lowest BCUT2D eigenvalue weighted by atomic mass is 10.2. The van der Waals surface area contributed by atoms with Crippen molar-refractivity contribution in [2.45, 2.75) is 13.5 Å². The molecule has 1 aromatic carbocycles. The van der Waals surface area contributed by atoms with Crippen molar-refractivity contribution in [1.29, 1.82) is 0 Å². The smallest absolute Gasteiger partial charge is 0.230 e. The van der Waals surface area contributed by atoms with Crippen molar-refractivity contribution in [1.82, 2.24) is 9.97 Å². The number of nitrogens with zero attached hydrogens (tertiary/aromatic N) is 3. The highest BCUT2D eigenvalue weighted by atomic mass is 32.1. The first-order valence-corrected chi connectivity index (χ1v) is 9.72. The number of thiazole rings is 1. The second-order valence-corrected chi connectivity index (χ2v) is 6.93. The summed E-state index contributed by atoms with van der Waals surface area (Å²) in [6.45, 7) is 2.08. The first-order chi connectivity index (χ1) is 14.2. The van der Waals surface area contributed by atoms with Crippen molar-refractivity contribution in [3.8, 4) is 22.4 Å². The van der Waals surface area contributed by atoms with Crippen LogP contribution in [0.2, 0.25) is 0 Å². The summed E-state index contributed by atoms with van der Waals surface area (Å²) in [5.41, 5.74) is 7.37. The summed E-state index contributed by atoms with van der Waals surface area (Å²) >= 11 is 1.48. The minimum absolute atomic E-state index is 0.168. The van der Waals surface area contributed by atoms with Crippen molar-refractivity contribution >= 4 is 17.2 Å². The number of hydrogen-bond donors (Lipinski definition) is 1. The summed E-state index contributed by atoms with van der Waals surface area (Å²) in [4.78, 5) is 14.1. The molecule has 0 atom stereocenters. The molecule has 0 amide bonds. The fourth-order valence-electron chi connectivity index (χ4n) is 2.52. The molecule has 4 aromatic rings. The average molecular weight is 406 g/mol. The molecule has 29 heavy (non-hydrogen) atoms. The summed E-state index contributed by atoms with van der Waals surface area (Å²) in [5.74, 6) is 2.76. The molecular weight excluding hydrogens is 388 g/mol. The quantitative estimate of drug-likeness (QED) is 0.271. The number of furan rings is 1. The number of oxime groups is 1. The Hall–Kier alpha value is -3.65. The summed E-state index contributed by atoms with van der Waals surface area (Å²) in [5, 5.41) is 6.68. The number of aryl methyl sites for hydroxylation is 1. The van der Waals surface area contributed by atoms with Gasteiger partial charge in [-0.3, -0.25) is 0 Å². The first kappa shape index (κ1) is 18.7. The number of aromatic nitrogens is 2. The number of para-hydroxylation sites is 1. The lowest BCUT2D eigenvalue weighted by molar-refractivity contribution is 0.128. The van der Waals surface area contributed by atoms with Gasteiger partial charge in [0.2, 0.25) is 5.88 Å². The Kier molecular flexibility index (Phi) is 5.53. The Morgan fingerprint density at radius 3 is 2.79 bits per heavy atom.